The van der Waals surface area contributed by atoms with Crippen molar-refractivity contribution in [2.75, 3.05) is 20.3 Å². The fraction of sp³-hybridized carbons (Fsp3) is 0.611. The van der Waals surface area contributed by atoms with Gasteiger partial charge in [-0.05, 0) is 46.8 Å². The first-order valence-corrected chi connectivity index (χ1v) is 8.84. The second-order valence-electron chi connectivity index (χ2n) is 6.78. The molecule has 136 valence electrons. The minimum atomic E-state index is -0.548. The van der Waals surface area contributed by atoms with Crippen LogP contribution in [0.4, 0.5) is 4.79 Å². The maximum Gasteiger partial charge on any atom is 0.410 e. The summed E-state index contributed by atoms with van der Waals surface area (Å²) in [5, 5.41) is 0. The topological polar surface area (TPSA) is 48.0 Å². The molecule has 0 atom stereocenters. The summed E-state index contributed by atoms with van der Waals surface area (Å²) < 4.78 is 17.4. The summed E-state index contributed by atoms with van der Waals surface area (Å²) in [6.45, 7) is 10.8. The van der Waals surface area contributed by atoms with Crippen LogP contribution in [0.2, 0.25) is 0 Å². The highest BCUT2D eigenvalue weighted by Crippen LogP contribution is 2.29. The minimum Gasteiger partial charge on any atom is -0.491 e. The second-order valence-corrected chi connectivity index (χ2v) is 7.63. The Balaban J connectivity index is 3.03. The Morgan fingerprint density at radius 3 is 2.50 bits per heavy atom. The van der Waals surface area contributed by atoms with Crippen LogP contribution in [0.15, 0.2) is 22.7 Å². The fourth-order valence-electron chi connectivity index (χ4n) is 2.01. The molecule has 0 bridgehead atoms. The molecule has 0 aromatic heterocycles. The highest BCUT2D eigenvalue weighted by molar-refractivity contribution is 9.10. The largest absolute Gasteiger partial charge is 0.491 e. The molecule has 1 aromatic carbocycles. The SMILES string of the molecule is COCCN(Cc1c(Br)cccc1OC(C)C)C(=O)OC(C)(C)C. The number of amides is 1. The summed E-state index contributed by atoms with van der Waals surface area (Å²) in [6, 6.07) is 5.76. The molecule has 24 heavy (non-hydrogen) atoms. The summed E-state index contributed by atoms with van der Waals surface area (Å²) in [5.41, 5.74) is 0.362. The number of ether oxygens (including phenoxy) is 3. The Morgan fingerprint density at radius 2 is 1.96 bits per heavy atom. The average Bonchev–Trinajstić information content (AvgIpc) is 2.43. The van der Waals surface area contributed by atoms with Gasteiger partial charge in [-0.15, -0.1) is 0 Å². The standard InChI is InChI=1S/C18H28BrNO4/c1-13(2)23-16-9-7-8-15(19)14(16)12-20(10-11-22-6)17(21)24-18(3,4)5/h7-9,13H,10-12H2,1-6H3. The third-order valence-corrected chi connectivity index (χ3v) is 3.75. The number of halogens is 1. The van der Waals surface area contributed by atoms with Crippen molar-refractivity contribution in [2.45, 2.75) is 52.9 Å². The first-order chi connectivity index (χ1) is 11.1. The third-order valence-electron chi connectivity index (χ3n) is 3.00. The highest BCUT2D eigenvalue weighted by Gasteiger charge is 2.24. The number of carbonyl (C=O) groups is 1. The molecule has 0 aliphatic heterocycles. The molecule has 0 spiro atoms. The number of hydrogen-bond donors (Lipinski definition) is 0. The molecule has 0 fully saturated rings. The van der Waals surface area contributed by atoms with Crippen LogP contribution >= 0.6 is 15.9 Å². The van der Waals surface area contributed by atoms with Gasteiger partial charge in [0.1, 0.15) is 11.4 Å². The van der Waals surface area contributed by atoms with Crippen LogP contribution in [-0.2, 0) is 16.0 Å². The van der Waals surface area contributed by atoms with Gasteiger partial charge in [0.25, 0.3) is 0 Å². The summed E-state index contributed by atoms with van der Waals surface area (Å²) in [7, 11) is 1.61. The zero-order valence-corrected chi connectivity index (χ0v) is 17.0. The summed E-state index contributed by atoms with van der Waals surface area (Å²) >= 11 is 3.55. The molecule has 0 unspecified atom stereocenters. The fourth-order valence-corrected chi connectivity index (χ4v) is 2.48. The molecule has 0 aliphatic carbocycles. The zero-order chi connectivity index (χ0) is 18.3. The van der Waals surface area contributed by atoms with E-state index in [1.807, 2.05) is 52.8 Å². The highest BCUT2D eigenvalue weighted by atomic mass is 79.9. The number of methoxy groups -OCH3 is 1. The van der Waals surface area contributed by atoms with E-state index in [1.54, 1.807) is 12.0 Å². The van der Waals surface area contributed by atoms with E-state index in [0.29, 0.717) is 19.7 Å². The van der Waals surface area contributed by atoms with Crippen molar-refractivity contribution in [2.24, 2.45) is 0 Å². The normalized spacial score (nSPS) is 11.5. The molecule has 5 nitrogen and oxygen atoms in total. The van der Waals surface area contributed by atoms with Crippen LogP contribution in [0.3, 0.4) is 0 Å². The monoisotopic (exact) mass is 401 g/mol. The van der Waals surface area contributed by atoms with Crippen LogP contribution in [0, 0.1) is 0 Å². The Kier molecular flexibility index (Phi) is 8.03. The predicted molar refractivity (Wildman–Crippen MR) is 98.4 cm³/mol. The van der Waals surface area contributed by atoms with E-state index in [0.717, 1.165) is 15.8 Å². The van der Waals surface area contributed by atoms with Crippen LogP contribution in [0.25, 0.3) is 0 Å². The smallest absolute Gasteiger partial charge is 0.410 e. The van der Waals surface area contributed by atoms with E-state index in [9.17, 15) is 4.79 Å². The summed E-state index contributed by atoms with van der Waals surface area (Å²) in [4.78, 5) is 14.1. The van der Waals surface area contributed by atoms with E-state index in [-0.39, 0.29) is 12.2 Å². The van der Waals surface area contributed by atoms with Crippen molar-refractivity contribution in [3.8, 4) is 5.75 Å². The molecule has 0 radical (unpaired) electrons. The van der Waals surface area contributed by atoms with Crippen LogP contribution in [0.5, 0.6) is 5.75 Å². The molecular formula is C18H28BrNO4. The number of carbonyl (C=O) groups excluding carboxylic acids is 1. The number of benzene rings is 1. The van der Waals surface area contributed by atoms with E-state index < -0.39 is 5.60 Å². The summed E-state index contributed by atoms with van der Waals surface area (Å²) in [6.07, 6.45) is -0.321. The van der Waals surface area contributed by atoms with E-state index in [4.69, 9.17) is 14.2 Å². The second kappa shape index (κ2) is 9.28. The van der Waals surface area contributed by atoms with Gasteiger partial charge in [0.2, 0.25) is 0 Å². The van der Waals surface area contributed by atoms with Crippen LogP contribution < -0.4 is 4.74 Å². The van der Waals surface area contributed by atoms with Gasteiger partial charge in [-0.25, -0.2) is 4.79 Å². The van der Waals surface area contributed by atoms with E-state index in [1.165, 1.54) is 0 Å². The quantitative estimate of drug-likeness (QED) is 0.668. The van der Waals surface area contributed by atoms with Gasteiger partial charge in [0, 0.05) is 23.7 Å². The van der Waals surface area contributed by atoms with E-state index >= 15 is 0 Å². The zero-order valence-electron chi connectivity index (χ0n) is 15.4. The van der Waals surface area contributed by atoms with Gasteiger partial charge >= 0.3 is 6.09 Å². The lowest BCUT2D eigenvalue weighted by molar-refractivity contribution is 0.0182. The molecule has 1 rings (SSSR count). The lowest BCUT2D eigenvalue weighted by atomic mass is 10.2. The number of rotatable bonds is 7. The molecule has 0 aliphatic rings. The molecule has 0 saturated carbocycles. The lowest BCUT2D eigenvalue weighted by Gasteiger charge is -2.28. The number of hydrogen-bond acceptors (Lipinski definition) is 4. The molecule has 1 amide bonds. The number of nitrogens with zero attached hydrogens (tertiary/aromatic N) is 1. The Bertz CT molecular complexity index is 540. The van der Waals surface area contributed by atoms with Gasteiger partial charge in [-0.1, -0.05) is 22.0 Å². The van der Waals surface area contributed by atoms with Crippen molar-refractivity contribution in [1.82, 2.24) is 4.90 Å². The van der Waals surface area contributed by atoms with Crippen molar-refractivity contribution in [3.63, 3.8) is 0 Å². The average molecular weight is 402 g/mol. The first kappa shape index (κ1) is 20.8. The van der Waals surface area contributed by atoms with Crippen molar-refractivity contribution in [3.05, 3.63) is 28.2 Å². The van der Waals surface area contributed by atoms with Crippen LogP contribution in [0.1, 0.15) is 40.2 Å². The maximum absolute atomic E-state index is 12.5. The first-order valence-electron chi connectivity index (χ1n) is 8.05. The summed E-state index contributed by atoms with van der Waals surface area (Å²) in [5.74, 6) is 0.755. The van der Waals surface area contributed by atoms with Crippen LogP contribution in [-0.4, -0.2) is 43.0 Å². The van der Waals surface area contributed by atoms with Gasteiger partial charge in [-0.2, -0.15) is 0 Å². The van der Waals surface area contributed by atoms with Gasteiger partial charge in [0.15, 0.2) is 0 Å². The van der Waals surface area contributed by atoms with Crippen molar-refractivity contribution < 1.29 is 19.0 Å². The Morgan fingerprint density at radius 1 is 1.29 bits per heavy atom. The third kappa shape index (κ3) is 7.09. The van der Waals surface area contributed by atoms with Gasteiger partial charge < -0.3 is 19.1 Å². The minimum absolute atomic E-state index is 0.0481. The Labute approximate surface area is 153 Å². The molecule has 1 aromatic rings. The predicted octanol–water partition coefficient (Wildman–Crippen LogP) is 4.62. The van der Waals surface area contributed by atoms with Gasteiger partial charge in [0.05, 0.1) is 19.3 Å². The Hall–Kier alpha value is -1.27. The van der Waals surface area contributed by atoms with Gasteiger partial charge in [-0.3, -0.25) is 0 Å². The molecule has 0 saturated heterocycles. The molecule has 6 heteroatoms. The van der Waals surface area contributed by atoms with Crippen molar-refractivity contribution in [1.29, 1.82) is 0 Å². The van der Waals surface area contributed by atoms with E-state index in [2.05, 4.69) is 15.9 Å². The van der Waals surface area contributed by atoms with Crippen molar-refractivity contribution >= 4 is 22.0 Å². The lowest BCUT2D eigenvalue weighted by Crippen LogP contribution is -2.38. The molecule has 0 heterocycles. The molecule has 0 N–H and O–H groups in total. The molecular weight excluding hydrogens is 374 g/mol. The maximum atomic E-state index is 12.5.